The van der Waals surface area contributed by atoms with Crippen molar-refractivity contribution in [3.63, 3.8) is 0 Å². The SMILES string of the molecule is COCCOc1cccc([B-](F)(F)F)c1.[K+]. The maximum atomic E-state index is 12.3. The van der Waals surface area contributed by atoms with Gasteiger partial charge >= 0.3 is 58.4 Å². The minimum absolute atomic E-state index is 0. The van der Waals surface area contributed by atoms with Crippen molar-refractivity contribution in [2.75, 3.05) is 20.3 Å². The molecular weight excluding hydrogens is 247 g/mol. The van der Waals surface area contributed by atoms with E-state index in [2.05, 4.69) is 0 Å². The summed E-state index contributed by atoms with van der Waals surface area (Å²) in [5, 5.41) is 0. The summed E-state index contributed by atoms with van der Waals surface area (Å²) in [4.78, 5) is 0. The zero-order valence-electron chi connectivity index (χ0n) is 9.25. The van der Waals surface area contributed by atoms with Crippen LogP contribution in [-0.2, 0) is 4.74 Å². The third kappa shape index (κ3) is 5.70. The normalized spacial score (nSPS) is 10.8. The molecule has 0 amide bonds. The van der Waals surface area contributed by atoms with Crippen molar-refractivity contribution in [3.05, 3.63) is 24.3 Å². The number of hydrogen-bond donors (Lipinski definition) is 0. The fourth-order valence-electron chi connectivity index (χ4n) is 1.05. The molecule has 0 aliphatic heterocycles. The molecule has 0 saturated heterocycles. The summed E-state index contributed by atoms with van der Waals surface area (Å²) in [5.74, 6) is 0.212. The van der Waals surface area contributed by atoms with E-state index >= 15 is 0 Å². The van der Waals surface area contributed by atoms with Crippen molar-refractivity contribution in [1.29, 1.82) is 0 Å². The van der Waals surface area contributed by atoms with Crippen LogP contribution in [0.1, 0.15) is 0 Å². The van der Waals surface area contributed by atoms with Crippen molar-refractivity contribution < 1.29 is 73.8 Å². The molecular formula is C9H11BF3KO2. The Labute approximate surface area is 135 Å². The quantitative estimate of drug-likeness (QED) is 0.486. The second kappa shape index (κ2) is 7.73. The molecule has 0 aliphatic carbocycles. The van der Waals surface area contributed by atoms with E-state index in [1.807, 2.05) is 0 Å². The molecule has 1 rings (SSSR count). The third-order valence-electron chi connectivity index (χ3n) is 1.79. The Morgan fingerprint density at radius 3 is 2.44 bits per heavy atom. The van der Waals surface area contributed by atoms with Crippen molar-refractivity contribution >= 4 is 12.4 Å². The van der Waals surface area contributed by atoms with Crippen LogP contribution in [0.5, 0.6) is 5.75 Å². The van der Waals surface area contributed by atoms with Crippen molar-refractivity contribution in [3.8, 4) is 5.75 Å². The second-order valence-corrected chi connectivity index (χ2v) is 2.99. The summed E-state index contributed by atoms with van der Waals surface area (Å²) in [7, 11) is 1.50. The molecule has 0 radical (unpaired) electrons. The molecule has 0 fully saturated rings. The average Bonchev–Trinajstić information content (AvgIpc) is 2.17. The van der Waals surface area contributed by atoms with Gasteiger partial charge in [0, 0.05) is 7.11 Å². The summed E-state index contributed by atoms with van der Waals surface area (Å²) in [6.45, 7) is -4.37. The number of benzene rings is 1. The molecule has 7 heteroatoms. The van der Waals surface area contributed by atoms with E-state index in [1.54, 1.807) is 0 Å². The Morgan fingerprint density at radius 1 is 1.19 bits per heavy atom. The van der Waals surface area contributed by atoms with Gasteiger partial charge in [0.25, 0.3) is 0 Å². The Morgan fingerprint density at radius 2 is 1.88 bits per heavy atom. The van der Waals surface area contributed by atoms with Crippen LogP contribution in [0.2, 0.25) is 0 Å². The predicted octanol–water partition coefficient (Wildman–Crippen LogP) is -1.23. The predicted molar refractivity (Wildman–Crippen MR) is 52.5 cm³/mol. The first-order chi connectivity index (χ1) is 7.04. The largest absolute Gasteiger partial charge is 1.00 e. The monoisotopic (exact) mass is 258 g/mol. The van der Waals surface area contributed by atoms with Crippen LogP contribution in [0.3, 0.4) is 0 Å². The van der Waals surface area contributed by atoms with Crippen LogP contribution in [0, 0.1) is 0 Å². The second-order valence-electron chi connectivity index (χ2n) is 2.99. The van der Waals surface area contributed by atoms with Gasteiger partial charge in [-0.2, -0.15) is 0 Å². The summed E-state index contributed by atoms with van der Waals surface area (Å²) in [5.41, 5.74) is -0.648. The molecule has 0 N–H and O–H groups in total. The maximum absolute atomic E-state index is 12.3. The minimum atomic E-state index is -4.96. The molecule has 0 saturated carbocycles. The van der Waals surface area contributed by atoms with E-state index in [0.717, 1.165) is 12.1 Å². The number of rotatable bonds is 5. The zero-order chi connectivity index (χ0) is 11.3. The maximum Gasteiger partial charge on any atom is 1.00 e. The van der Waals surface area contributed by atoms with Gasteiger partial charge in [0.05, 0.1) is 6.61 Å². The number of hydrogen-bond acceptors (Lipinski definition) is 2. The van der Waals surface area contributed by atoms with Gasteiger partial charge in [-0.1, -0.05) is 12.1 Å². The summed E-state index contributed by atoms with van der Waals surface area (Å²) in [6, 6.07) is 4.84. The molecule has 2 nitrogen and oxygen atoms in total. The van der Waals surface area contributed by atoms with Crippen LogP contribution in [0.25, 0.3) is 0 Å². The topological polar surface area (TPSA) is 18.5 Å². The molecule has 16 heavy (non-hydrogen) atoms. The fraction of sp³-hybridized carbons (Fsp3) is 0.333. The van der Waals surface area contributed by atoms with Crippen LogP contribution >= 0.6 is 0 Å². The zero-order valence-corrected chi connectivity index (χ0v) is 12.4. The standard InChI is InChI=1S/C9H11BF3O2.K/c1-14-5-6-15-9-4-2-3-8(7-9)10(11,12)13;/h2-4,7H,5-6H2,1H3;/q-1;+1. The average molecular weight is 258 g/mol. The third-order valence-corrected chi connectivity index (χ3v) is 1.79. The van der Waals surface area contributed by atoms with E-state index in [0.29, 0.717) is 6.61 Å². The van der Waals surface area contributed by atoms with Crippen LogP contribution in [0.15, 0.2) is 24.3 Å². The molecule has 0 aliphatic rings. The fourth-order valence-corrected chi connectivity index (χ4v) is 1.05. The first kappa shape index (κ1) is 16.5. The molecule has 0 unspecified atom stereocenters. The van der Waals surface area contributed by atoms with Crippen molar-refractivity contribution in [2.24, 2.45) is 0 Å². The first-order valence-corrected chi connectivity index (χ1v) is 4.45. The molecule has 1 aromatic rings. The van der Waals surface area contributed by atoms with Crippen LogP contribution in [-0.4, -0.2) is 27.3 Å². The molecule has 1 aromatic carbocycles. The minimum Gasteiger partial charge on any atom is -0.491 e. The van der Waals surface area contributed by atoms with Gasteiger partial charge in [-0.05, 0) is 12.1 Å². The van der Waals surface area contributed by atoms with Crippen LogP contribution in [0.4, 0.5) is 12.9 Å². The van der Waals surface area contributed by atoms with Gasteiger partial charge < -0.3 is 22.4 Å². The smallest absolute Gasteiger partial charge is 0.491 e. The van der Waals surface area contributed by atoms with Crippen LogP contribution < -0.4 is 61.6 Å². The van der Waals surface area contributed by atoms with Gasteiger partial charge in [-0.15, -0.1) is 5.46 Å². The summed E-state index contributed by atoms with van der Waals surface area (Å²) in [6.07, 6.45) is 0. The van der Waals surface area contributed by atoms with Gasteiger partial charge in [-0.3, -0.25) is 0 Å². The van der Waals surface area contributed by atoms with E-state index in [9.17, 15) is 12.9 Å². The Bertz CT molecular complexity index is 320. The van der Waals surface area contributed by atoms with Gasteiger partial charge in [0.15, 0.2) is 0 Å². The molecule has 0 bridgehead atoms. The van der Waals surface area contributed by atoms with Gasteiger partial charge in [0.1, 0.15) is 12.4 Å². The first-order valence-electron chi connectivity index (χ1n) is 4.45. The Hall–Kier alpha value is 0.471. The number of methoxy groups -OCH3 is 1. The molecule has 84 valence electrons. The summed E-state index contributed by atoms with van der Waals surface area (Å²) >= 11 is 0. The molecule has 0 atom stereocenters. The van der Waals surface area contributed by atoms with E-state index in [4.69, 9.17) is 9.47 Å². The van der Waals surface area contributed by atoms with E-state index in [1.165, 1.54) is 19.2 Å². The Kier molecular flexibility index (Phi) is 7.96. The number of halogens is 3. The van der Waals surface area contributed by atoms with E-state index < -0.39 is 12.4 Å². The molecule has 0 aromatic heterocycles. The van der Waals surface area contributed by atoms with Crippen molar-refractivity contribution in [1.82, 2.24) is 0 Å². The Balaban J connectivity index is 0.00000225. The van der Waals surface area contributed by atoms with Crippen molar-refractivity contribution in [2.45, 2.75) is 0 Å². The number of ether oxygens (including phenoxy) is 2. The summed E-state index contributed by atoms with van der Waals surface area (Å²) < 4.78 is 46.8. The molecule has 0 heterocycles. The van der Waals surface area contributed by atoms with Gasteiger partial charge in [-0.25, -0.2) is 0 Å². The van der Waals surface area contributed by atoms with Gasteiger partial charge in [0.2, 0.25) is 0 Å². The van der Waals surface area contributed by atoms with E-state index in [-0.39, 0.29) is 63.7 Å². The molecule has 0 spiro atoms.